The summed E-state index contributed by atoms with van der Waals surface area (Å²) in [6.07, 6.45) is 3.04. The Hall–Kier alpha value is -1.79. The summed E-state index contributed by atoms with van der Waals surface area (Å²) < 4.78 is 13.2. The summed E-state index contributed by atoms with van der Waals surface area (Å²) in [6.45, 7) is 7.57. The van der Waals surface area contributed by atoms with Gasteiger partial charge in [-0.25, -0.2) is 9.37 Å². The van der Waals surface area contributed by atoms with E-state index < -0.39 is 0 Å². The molecule has 0 radical (unpaired) electrons. The van der Waals surface area contributed by atoms with E-state index in [-0.39, 0.29) is 17.8 Å². The SMILES string of the molecule is CCc1nc(C)sc1C(=O)N1CC2CCC1CN(Cc1ccc(F)cc1)C2. The summed E-state index contributed by atoms with van der Waals surface area (Å²) >= 11 is 1.53. The Morgan fingerprint density at radius 2 is 2.00 bits per heavy atom. The van der Waals surface area contributed by atoms with Crippen LogP contribution in [0.3, 0.4) is 0 Å². The van der Waals surface area contributed by atoms with Crippen LogP contribution in [0.15, 0.2) is 24.3 Å². The molecule has 3 aliphatic rings. The summed E-state index contributed by atoms with van der Waals surface area (Å²) in [7, 11) is 0. The number of carbonyl (C=O) groups excluding carboxylic acids is 1. The molecule has 0 saturated carbocycles. The maximum absolute atomic E-state index is 13.3. The second kappa shape index (κ2) is 7.68. The molecule has 0 N–H and O–H groups in total. The number of carbonyl (C=O) groups is 1. The molecule has 0 spiro atoms. The number of fused-ring (bicyclic) bond motifs is 4. The van der Waals surface area contributed by atoms with E-state index in [1.807, 2.05) is 19.1 Å². The van der Waals surface area contributed by atoms with Gasteiger partial charge >= 0.3 is 0 Å². The monoisotopic (exact) mass is 387 g/mol. The number of amides is 1. The maximum atomic E-state index is 13.3. The van der Waals surface area contributed by atoms with Crippen molar-refractivity contribution in [2.75, 3.05) is 19.6 Å². The average molecular weight is 388 g/mol. The highest BCUT2D eigenvalue weighted by atomic mass is 32.1. The Kier molecular flexibility index (Phi) is 5.28. The average Bonchev–Trinajstić information content (AvgIpc) is 2.83. The highest BCUT2D eigenvalue weighted by Crippen LogP contribution is 2.31. The number of piperidine rings is 1. The van der Waals surface area contributed by atoms with E-state index in [2.05, 4.69) is 21.7 Å². The minimum absolute atomic E-state index is 0.163. The number of benzene rings is 1. The van der Waals surface area contributed by atoms with E-state index in [9.17, 15) is 9.18 Å². The molecular weight excluding hydrogens is 361 g/mol. The Morgan fingerprint density at radius 1 is 1.22 bits per heavy atom. The number of thiazole rings is 1. The zero-order valence-electron chi connectivity index (χ0n) is 15.9. The van der Waals surface area contributed by atoms with E-state index in [0.29, 0.717) is 5.92 Å². The van der Waals surface area contributed by atoms with Crippen LogP contribution < -0.4 is 0 Å². The zero-order chi connectivity index (χ0) is 19.0. The third kappa shape index (κ3) is 3.92. The smallest absolute Gasteiger partial charge is 0.266 e. The normalized spacial score (nSPS) is 22.9. The van der Waals surface area contributed by atoms with Gasteiger partial charge in [-0.05, 0) is 49.8 Å². The van der Waals surface area contributed by atoms with Crippen molar-refractivity contribution in [1.29, 1.82) is 0 Å². The number of hydrogen-bond donors (Lipinski definition) is 0. The van der Waals surface area contributed by atoms with Gasteiger partial charge in [0.2, 0.25) is 0 Å². The fourth-order valence-electron chi connectivity index (χ4n) is 4.41. The van der Waals surface area contributed by atoms with Crippen molar-refractivity contribution in [3.8, 4) is 0 Å². The first-order chi connectivity index (χ1) is 13.0. The molecule has 4 heterocycles. The van der Waals surface area contributed by atoms with Crippen molar-refractivity contribution in [1.82, 2.24) is 14.8 Å². The fourth-order valence-corrected chi connectivity index (χ4v) is 5.38. The molecule has 3 aliphatic heterocycles. The second-order valence-electron chi connectivity index (χ2n) is 7.74. The number of rotatable bonds is 4. The van der Waals surface area contributed by atoms with Gasteiger partial charge in [-0.1, -0.05) is 19.1 Å². The number of nitrogens with zero attached hydrogens (tertiary/aromatic N) is 3. The first kappa shape index (κ1) is 18.6. The van der Waals surface area contributed by atoms with Gasteiger partial charge in [0, 0.05) is 32.2 Å². The van der Waals surface area contributed by atoms with E-state index >= 15 is 0 Å². The molecule has 0 aliphatic carbocycles. The molecule has 6 heteroatoms. The minimum Gasteiger partial charge on any atom is -0.333 e. The highest BCUT2D eigenvalue weighted by Gasteiger charge is 2.38. The molecule has 2 atom stereocenters. The van der Waals surface area contributed by atoms with Crippen LogP contribution in [-0.4, -0.2) is 46.4 Å². The molecular formula is C21H26FN3OS. The lowest BCUT2D eigenvalue weighted by molar-refractivity contribution is 0.0588. The van der Waals surface area contributed by atoms with Crippen LogP contribution in [0.4, 0.5) is 4.39 Å². The molecule has 1 aromatic heterocycles. The summed E-state index contributed by atoms with van der Waals surface area (Å²) in [6, 6.07) is 7.02. The summed E-state index contributed by atoms with van der Waals surface area (Å²) in [5.41, 5.74) is 2.06. The van der Waals surface area contributed by atoms with Crippen molar-refractivity contribution < 1.29 is 9.18 Å². The van der Waals surface area contributed by atoms with E-state index in [1.54, 1.807) is 0 Å². The molecule has 3 fully saturated rings. The third-order valence-electron chi connectivity index (χ3n) is 5.70. The summed E-state index contributed by atoms with van der Waals surface area (Å²) in [4.78, 5) is 23.2. The topological polar surface area (TPSA) is 36.4 Å². The Morgan fingerprint density at radius 3 is 2.74 bits per heavy atom. The Bertz CT molecular complexity index is 819. The summed E-state index contributed by atoms with van der Waals surface area (Å²) in [5.74, 6) is 0.473. The predicted molar refractivity (Wildman–Crippen MR) is 105 cm³/mol. The van der Waals surface area contributed by atoms with Gasteiger partial charge in [0.25, 0.3) is 5.91 Å². The minimum atomic E-state index is -0.196. The number of aryl methyl sites for hydroxylation is 2. The largest absolute Gasteiger partial charge is 0.333 e. The zero-order valence-corrected chi connectivity index (χ0v) is 16.8. The molecule has 1 amide bonds. The molecule has 144 valence electrons. The van der Waals surface area contributed by atoms with Crippen LogP contribution in [0.5, 0.6) is 0 Å². The van der Waals surface area contributed by atoms with Crippen LogP contribution in [0.1, 0.15) is 45.7 Å². The number of halogens is 1. The van der Waals surface area contributed by atoms with Gasteiger partial charge in [0.05, 0.1) is 10.7 Å². The molecule has 2 unspecified atom stereocenters. The van der Waals surface area contributed by atoms with Crippen molar-refractivity contribution >= 4 is 17.2 Å². The number of hydrogen-bond acceptors (Lipinski definition) is 4. The van der Waals surface area contributed by atoms with Crippen LogP contribution in [-0.2, 0) is 13.0 Å². The van der Waals surface area contributed by atoms with Crippen molar-refractivity contribution in [2.24, 2.45) is 5.92 Å². The van der Waals surface area contributed by atoms with Gasteiger partial charge in [0.15, 0.2) is 0 Å². The molecule has 4 nitrogen and oxygen atoms in total. The first-order valence-electron chi connectivity index (χ1n) is 9.77. The standard InChI is InChI=1S/C21H26FN3OS/c1-3-19-20(27-14(2)23-19)21(26)25-12-16-6-9-18(25)13-24(11-16)10-15-4-7-17(22)8-5-15/h4-5,7-8,16,18H,3,6,9-13H2,1-2H3. The Labute approximate surface area is 164 Å². The molecule has 3 saturated heterocycles. The molecule has 2 bridgehead atoms. The quantitative estimate of drug-likeness (QED) is 0.799. The van der Waals surface area contributed by atoms with Crippen molar-refractivity contribution in [3.63, 3.8) is 0 Å². The van der Waals surface area contributed by atoms with Crippen LogP contribution in [0, 0.1) is 18.7 Å². The molecule has 2 aromatic rings. The lowest BCUT2D eigenvalue weighted by Gasteiger charge is -2.36. The fraction of sp³-hybridized carbons (Fsp3) is 0.524. The van der Waals surface area contributed by atoms with Crippen LogP contribution >= 0.6 is 11.3 Å². The van der Waals surface area contributed by atoms with Gasteiger partial charge < -0.3 is 4.90 Å². The molecule has 27 heavy (non-hydrogen) atoms. The van der Waals surface area contributed by atoms with Gasteiger partial charge in [-0.3, -0.25) is 9.69 Å². The lowest BCUT2D eigenvalue weighted by atomic mass is 9.94. The predicted octanol–water partition coefficient (Wildman–Crippen LogP) is 3.89. The van der Waals surface area contributed by atoms with E-state index in [1.165, 1.54) is 29.9 Å². The molecule has 1 aromatic carbocycles. The maximum Gasteiger partial charge on any atom is 0.266 e. The van der Waals surface area contributed by atoms with Gasteiger partial charge in [-0.2, -0.15) is 0 Å². The van der Waals surface area contributed by atoms with Gasteiger partial charge in [-0.15, -0.1) is 11.3 Å². The van der Waals surface area contributed by atoms with E-state index in [4.69, 9.17) is 0 Å². The van der Waals surface area contributed by atoms with E-state index in [0.717, 1.165) is 60.2 Å². The van der Waals surface area contributed by atoms with Crippen LogP contribution in [0.2, 0.25) is 0 Å². The van der Waals surface area contributed by atoms with Crippen molar-refractivity contribution in [3.05, 3.63) is 51.2 Å². The summed E-state index contributed by atoms with van der Waals surface area (Å²) in [5, 5.41) is 0.966. The highest BCUT2D eigenvalue weighted by molar-refractivity contribution is 7.13. The Balaban J connectivity index is 1.51. The number of aromatic nitrogens is 1. The molecule has 5 rings (SSSR count). The second-order valence-corrected chi connectivity index (χ2v) is 8.94. The lowest BCUT2D eigenvalue weighted by Crippen LogP contribution is -2.47. The van der Waals surface area contributed by atoms with Crippen molar-refractivity contribution in [2.45, 2.75) is 45.7 Å². The first-order valence-corrected chi connectivity index (χ1v) is 10.6. The van der Waals surface area contributed by atoms with Gasteiger partial charge in [0.1, 0.15) is 10.7 Å². The van der Waals surface area contributed by atoms with Crippen LogP contribution in [0.25, 0.3) is 0 Å². The third-order valence-corrected chi connectivity index (χ3v) is 6.70.